The summed E-state index contributed by atoms with van der Waals surface area (Å²) in [5, 5.41) is 2.13. The van der Waals surface area contributed by atoms with E-state index in [-0.39, 0.29) is 12.4 Å². The maximum absolute atomic E-state index is 12.2. The molecular weight excluding hydrogens is 392 g/mol. The maximum atomic E-state index is 12.2. The molecule has 4 aromatic rings. The quantitative estimate of drug-likeness (QED) is 0.361. The number of para-hydroxylation sites is 1. The van der Waals surface area contributed by atoms with Crippen LogP contribution in [0.3, 0.4) is 0 Å². The minimum absolute atomic E-state index is 0.0741. The molecule has 31 heavy (non-hydrogen) atoms. The van der Waals surface area contributed by atoms with Crippen LogP contribution in [-0.4, -0.2) is 11.8 Å². The lowest BCUT2D eigenvalue weighted by Crippen LogP contribution is -2.40. The van der Waals surface area contributed by atoms with E-state index in [9.17, 15) is 9.59 Å². The number of hydrogen-bond donors (Lipinski definition) is 2. The van der Waals surface area contributed by atoms with Gasteiger partial charge in [-0.15, -0.1) is 0 Å². The molecule has 2 N–H and O–H groups in total. The van der Waals surface area contributed by atoms with Crippen LogP contribution in [0.2, 0.25) is 0 Å². The summed E-state index contributed by atoms with van der Waals surface area (Å²) in [4.78, 5) is 24.3. The van der Waals surface area contributed by atoms with Crippen LogP contribution in [0.1, 0.15) is 21.9 Å². The summed E-state index contributed by atoms with van der Waals surface area (Å²) in [6.07, 6.45) is 3.07. The number of hydrogen-bond acceptors (Lipinski definition) is 4. The van der Waals surface area contributed by atoms with Crippen LogP contribution >= 0.6 is 0 Å². The topological polar surface area (TPSA) is 80.6 Å². The molecule has 0 atom stereocenters. The molecule has 1 aromatic heterocycles. The summed E-state index contributed by atoms with van der Waals surface area (Å²) in [7, 11) is 0. The van der Waals surface area contributed by atoms with E-state index in [0.717, 1.165) is 16.3 Å². The number of amides is 2. The van der Waals surface area contributed by atoms with Crippen molar-refractivity contribution in [3.05, 3.63) is 108 Å². The van der Waals surface area contributed by atoms with Crippen LogP contribution < -0.4 is 15.6 Å². The van der Waals surface area contributed by atoms with Crippen molar-refractivity contribution in [1.29, 1.82) is 0 Å². The number of nitrogens with one attached hydrogen (secondary N) is 2. The van der Waals surface area contributed by atoms with Crippen molar-refractivity contribution in [2.45, 2.75) is 6.61 Å². The Labute approximate surface area is 179 Å². The third kappa shape index (κ3) is 5.19. The van der Waals surface area contributed by atoms with Crippen LogP contribution in [0.25, 0.3) is 16.8 Å². The predicted octanol–water partition coefficient (Wildman–Crippen LogP) is 4.49. The fourth-order valence-electron chi connectivity index (χ4n) is 3.03. The van der Waals surface area contributed by atoms with Gasteiger partial charge in [0.1, 0.15) is 18.1 Å². The van der Waals surface area contributed by atoms with Crippen LogP contribution in [-0.2, 0) is 11.4 Å². The number of furan rings is 1. The smallest absolute Gasteiger partial charge is 0.305 e. The molecule has 154 valence electrons. The molecule has 0 radical (unpaired) electrons. The van der Waals surface area contributed by atoms with Crippen LogP contribution in [0.4, 0.5) is 0 Å². The summed E-state index contributed by atoms with van der Waals surface area (Å²) in [5.74, 6) is 0.259. The predicted molar refractivity (Wildman–Crippen MR) is 118 cm³/mol. The molecule has 0 aliphatic carbocycles. The summed E-state index contributed by atoms with van der Waals surface area (Å²) < 4.78 is 11.1. The summed E-state index contributed by atoms with van der Waals surface area (Å²) in [6, 6.07) is 26.2. The highest BCUT2D eigenvalue weighted by Crippen LogP contribution is 2.19. The zero-order valence-electron chi connectivity index (χ0n) is 16.6. The molecule has 0 fully saturated rings. The van der Waals surface area contributed by atoms with E-state index in [1.54, 1.807) is 12.1 Å². The Hall–Kier alpha value is -4.32. The van der Waals surface area contributed by atoms with Gasteiger partial charge in [0.2, 0.25) is 0 Å². The van der Waals surface area contributed by atoms with E-state index in [4.69, 9.17) is 9.15 Å². The average Bonchev–Trinajstić information content (AvgIpc) is 3.30. The van der Waals surface area contributed by atoms with Gasteiger partial charge in [0.25, 0.3) is 5.91 Å². The molecule has 6 heteroatoms. The van der Waals surface area contributed by atoms with Crippen LogP contribution in [0, 0.1) is 0 Å². The van der Waals surface area contributed by atoms with Gasteiger partial charge < -0.3 is 9.15 Å². The Morgan fingerprint density at radius 1 is 0.839 bits per heavy atom. The second-order valence-corrected chi connectivity index (χ2v) is 6.71. The van der Waals surface area contributed by atoms with Gasteiger partial charge in [0.15, 0.2) is 5.76 Å². The Kier molecular flexibility index (Phi) is 6.09. The molecule has 0 bridgehead atoms. The number of rotatable bonds is 6. The molecule has 3 aromatic carbocycles. The van der Waals surface area contributed by atoms with E-state index in [0.29, 0.717) is 11.5 Å². The van der Waals surface area contributed by atoms with Crippen LogP contribution in [0.5, 0.6) is 5.75 Å². The monoisotopic (exact) mass is 412 g/mol. The molecule has 0 spiro atoms. The van der Waals surface area contributed by atoms with Gasteiger partial charge >= 0.3 is 5.91 Å². The van der Waals surface area contributed by atoms with Crippen molar-refractivity contribution in [3.8, 4) is 5.75 Å². The number of hydrazine groups is 1. The molecule has 0 saturated carbocycles. The Balaban J connectivity index is 1.30. The zero-order chi connectivity index (χ0) is 21.5. The normalized spacial score (nSPS) is 10.8. The maximum Gasteiger partial charge on any atom is 0.305 e. The average molecular weight is 412 g/mol. The molecule has 0 aliphatic heterocycles. The third-order valence-electron chi connectivity index (χ3n) is 4.55. The lowest BCUT2D eigenvalue weighted by atomic mass is 10.0. The first-order chi connectivity index (χ1) is 15.2. The van der Waals surface area contributed by atoms with E-state index < -0.39 is 11.8 Å². The Morgan fingerprint density at radius 2 is 1.61 bits per heavy atom. The minimum Gasteiger partial charge on any atom is -0.486 e. The number of benzene rings is 3. The molecule has 0 saturated heterocycles. The van der Waals surface area contributed by atoms with Crippen molar-refractivity contribution in [1.82, 2.24) is 10.9 Å². The molecule has 0 unspecified atom stereocenters. The highest BCUT2D eigenvalue weighted by Gasteiger charge is 2.12. The Morgan fingerprint density at radius 3 is 2.48 bits per heavy atom. The number of fused-ring (bicyclic) bond motifs is 1. The highest BCUT2D eigenvalue weighted by molar-refractivity contribution is 5.98. The number of carbonyl (C=O) groups is 2. The molecule has 1 heterocycles. The fraction of sp³-hybridized carbons (Fsp3) is 0.0400. The van der Waals surface area contributed by atoms with Crippen molar-refractivity contribution < 1.29 is 18.7 Å². The standard InChI is InChI=1S/C25H20N2O4/c28-24(16-13-19-9-6-8-18-7-4-5-12-22(18)19)26-27-25(29)23-15-14-21(31-23)17-30-20-10-2-1-3-11-20/h1-16H,17H2,(H,26,28)(H,27,29)/b16-13+. The van der Waals surface area contributed by atoms with Crippen molar-refractivity contribution >= 4 is 28.7 Å². The lowest BCUT2D eigenvalue weighted by molar-refractivity contribution is -0.117. The second-order valence-electron chi connectivity index (χ2n) is 6.71. The van der Waals surface area contributed by atoms with E-state index in [1.807, 2.05) is 72.8 Å². The fourth-order valence-corrected chi connectivity index (χ4v) is 3.03. The van der Waals surface area contributed by atoms with E-state index >= 15 is 0 Å². The lowest BCUT2D eigenvalue weighted by Gasteiger charge is -2.05. The van der Waals surface area contributed by atoms with Gasteiger partial charge in [-0.3, -0.25) is 20.4 Å². The van der Waals surface area contributed by atoms with Crippen molar-refractivity contribution in [2.75, 3.05) is 0 Å². The first kappa shape index (κ1) is 20.0. The van der Waals surface area contributed by atoms with Gasteiger partial charge in [-0.05, 0) is 46.7 Å². The molecule has 0 aliphatic rings. The highest BCUT2D eigenvalue weighted by atomic mass is 16.5. The van der Waals surface area contributed by atoms with Gasteiger partial charge in [-0.2, -0.15) is 0 Å². The number of ether oxygens (including phenoxy) is 1. The third-order valence-corrected chi connectivity index (χ3v) is 4.55. The van der Waals surface area contributed by atoms with Gasteiger partial charge in [0, 0.05) is 6.08 Å². The van der Waals surface area contributed by atoms with E-state index in [1.165, 1.54) is 12.1 Å². The van der Waals surface area contributed by atoms with Crippen molar-refractivity contribution in [2.24, 2.45) is 0 Å². The first-order valence-corrected chi connectivity index (χ1v) is 9.72. The van der Waals surface area contributed by atoms with Gasteiger partial charge in [0.05, 0.1) is 0 Å². The molecule has 4 rings (SSSR count). The zero-order valence-corrected chi connectivity index (χ0v) is 16.6. The Bertz CT molecular complexity index is 1220. The van der Waals surface area contributed by atoms with Gasteiger partial charge in [-0.25, -0.2) is 0 Å². The first-order valence-electron chi connectivity index (χ1n) is 9.72. The molecular formula is C25H20N2O4. The largest absolute Gasteiger partial charge is 0.486 e. The summed E-state index contributed by atoms with van der Waals surface area (Å²) >= 11 is 0. The van der Waals surface area contributed by atoms with Crippen molar-refractivity contribution in [3.63, 3.8) is 0 Å². The van der Waals surface area contributed by atoms with Gasteiger partial charge in [-0.1, -0.05) is 60.7 Å². The minimum atomic E-state index is -0.558. The van der Waals surface area contributed by atoms with E-state index in [2.05, 4.69) is 10.9 Å². The van der Waals surface area contributed by atoms with Crippen LogP contribution in [0.15, 0.2) is 95.4 Å². The SMILES string of the molecule is O=C(/C=C/c1cccc2ccccc12)NNC(=O)c1ccc(COc2ccccc2)o1. The summed E-state index contributed by atoms with van der Waals surface area (Å²) in [6.45, 7) is 0.192. The number of carbonyl (C=O) groups excluding carboxylic acids is 2. The second kappa shape index (κ2) is 9.45. The molecule has 6 nitrogen and oxygen atoms in total. The molecule has 2 amide bonds. The summed E-state index contributed by atoms with van der Waals surface area (Å²) in [5.41, 5.74) is 5.60.